The average molecular weight is 851 g/mol. The summed E-state index contributed by atoms with van der Waals surface area (Å²) in [6.45, 7) is 2.81. The normalized spacial score (nSPS) is 27.2. The maximum atomic E-state index is 15.5. The van der Waals surface area contributed by atoms with Crippen molar-refractivity contribution in [2.45, 2.75) is 113 Å². The number of likely N-dealkylation sites (tertiary alicyclic amines) is 2. The van der Waals surface area contributed by atoms with Gasteiger partial charge >= 0.3 is 12.2 Å². The number of aliphatic hydroxyl groups excluding tert-OH is 3. The Morgan fingerprint density at radius 3 is 2.02 bits per heavy atom. The number of halogens is 2. The average Bonchev–Trinajstić information content (AvgIpc) is 4.08. The van der Waals surface area contributed by atoms with E-state index in [1.165, 1.54) is 24.3 Å². The highest BCUT2D eigenvalue weighted by Gasteiger charge is 2.53. The molecule has 9 atom stereocenters. The lowest BCUT2D eigenvalue weighted by atomic mass is 9.84. The van der Waals surface area contributed by atoms with Gasteiger partial charge in [-0.15, -0.1) is 0 Å². The number of benzene rings is 4. The second-order valence-electron chi connectivity index (χ2n) is 17.1. The quantitative estimate of drug-likeness (QED) is 0.113. The number of carbonyl (C=O) groups excluding carboxylic acids is 2. The number of aromatic nitrogens is 1. The van der Waals surface area contributed by atoms with E-state index in [9.17, 15) is 24.9 Å². The Morgan fingerprint density at radius 1 is 0.758 bits per heavy atom. The lowest BCUT2D eigenvalue weighted by molar-refractivity contribution is -0.218. The smallest absolute Gasteiger partial charge is 0.410 e. The van der Waals surface area contributed by atoms with Crippen LogP contribution in [0.25, 0.3) is 10.9 Å². The van der Waals surface area contributed by atoms with Crippen molar-refractivity contribution in [3.05, 3.63) is 137 Å². The van der Waals surface area contributed by atoms with Crippen LogP contribution in [0.5, 0.6) is 0 Å². The third-order valence-corrected chi connectivity index (χ3v) is 13.2. The molecule has 9 rings (SSSR count). The molecule has 0 saturated carbocycles. The number of H-pyrrole nitrogens is 1. The van der Waals surface area contributed by atoms with Crippen molar-refractivity contribution in [2.24, 2.45) is 0 Å². The first kappa shape index (κ1) is 41.8. The van der Waals surface area contributed by atoms with Gasteiger partial charge in [0.15, 0.2) is 6.23 Å². The number of nitrogens with zero attached hydrogens (tertiary/aromatic N) is 3. The van der Waals surface area contributed by atoms with Gasteiger partial charge in [0.2, 0.25) is 0 Å². The predicted octanol–water partition coefficient (Wildman–Crippen LogP) is 7.45. The largest absolute Gasteiger partial charge is 0.445 e. The summed E-state index contributed by atoms with van der Waals surface area (Å²) in [4.78, 5) is 36.3. The molecule has 3 unspecified atom stereocenters. The number of aromatic amines is 1. The molecule has 2 amide bonds. The first-order valence-electron chi connectivity index (χ1n) is 21.6. The van der Waals surface area contributed by atoms with E-state index in [-0.39, 0.29) is 25.3 Å². The number of hydrogen-bond donors (Lipinski definition) is 4. The van der Waals surface area contributed by atoms with Crippen LogP contribution in [0.4, 0.5) is 24.1 Å². The zero-order valence-corrected chi connectivity index (χ0v) is 34.5. The molecule has 62 heavy (non-hydrogen) atoms. The molecule has 1 aromatic heterocycles. The summed E-state index contributed by atoms with van der Waals surface area (Å²) in [5.41, 5.74) is 4.81. The Morgan fingerprint density at radius 2 is 1.35 bits per heavy atom. The maximum Gasteiger partial charge on any atom is 0.410 e. The first-order chi connectivity index (χ1) is 30.0. The van der Waals surface area contributed by atoms with Gasteiger partial charge < -0.3 is 49.2 Å². The van der Waals surface area contributed by atoms with Gasteiger partial charge in [-0.2, -0.15) is 0 Å². The van der Waals surface area contributed by atoms with E-state index in [0.29, 0.717) is 55.7 Å². The van der Waals surface area contributed by atoms with Gasteiger partial charge in [-0.3, -0.25) is 0 Å². The monoisotopic (exact) mass is 850 g/mol. The number of fused-ring (bicyclic) bond motifs is 2. The van der Waals surface area contributed by atoms with Crippen LogP contribution >= 0.6 is 0 Å². The molecule has 0 bridgehead atoms. The summed E-state index contributed by atoms with van der Waals surface area (Å²) in [5, 5.41) is 34.4. The second kappa shape index (κ2) is 17.7. The fourth-order valence-corrected chi connectivity index (χ4v) is 10.2. The van der Waals surface area contributed by atoms with E-state index >= 15 is 8.78 Å². The van der Waals surface area contributed by atoms with E-state index in [4.69, 9.17) is 14.2 Å². The summed E-state index contributed by atoms with van der Waals surface area (Å²) in [6.07, 6.45) is -4.05. The number of ether oxygens (including phenoxy) is 3. The van der Waals surface area contributed by atoms with Gasteiger partial charge in [-0.25, -0.2) is 18.4 Å². The van der Waals surface area contributed by atoms with Crippen molar-refractivity contribution in [1.29, 1.82) is 0 Å². The topological polar surface area (TPSA) is 148 Å². The number of rotatable bonds is 10. The highest BCUT2D eigenvalue weighted by molar-refractivity contribution is 5.86. The van der Waals surface area contributed by atoms with Crippen LogP contribution in [-0.2, 0) is 33.8 Å². The van der Waals surface area contributed by atoms with Crippen LogP contribution in [0.2, 0.25) is 0 Å². The SMILES string of the molecule is C[C@@H]1O[C@H](N2c3cc(F)ccc3C(C[C@@H]3CCCN3C(=O)OCc3ccccc3)C2c2[nH]c3cc(F)ccc3c2CC2CCCN2C(=O)OCc2ccccc2)[C@@H](O)[C@H](O)[C@@H]1O. The molecule has 3 saturated heterocycles. The molecule has 0 spiro atoms. The van der Waals surface area contributed by atoms with Gasteiger partial charge in [0, 0.05) is 53.4 Å². The molecule has 4 aliphatic rings. The molecule has 0 aliphatic carbocycles. The number of hydrogen-bond acceptors (Lipinski definition) is 9. The molecule has 326 valence electrons. The van der Waals surface area contributed by atoms with Crippen LogP contribution < -0.4 is 4.90 Å². The van der Waals surface area contributed by atoms with Crippen molar-refractivity contribution in [3.63, 3.8) is 0 Å². The molecule has 4 N–H and O–H groups in total. The molecule has 12 nitrogen and oxygen atoms in total. The van der Waals surface area contributed by atoms with Crippen LogP contribution in [0.3, 0.4) is 0 Å². The Bertz CT molecular complexity index is 2390. The lowest BCUT2D eigenvalue weighted by Gasteiger charge is -2.46. The zero-order valence-electron chi connectivity index (χ0n) is 34.5. The first-order valence-corrected chi connectivity index (χ1v) is 21.6. The van der Waals surface area contributed by atoms with Crippen LogP contribution in [-0.4, -0.2) is 98.1 Å². The van der Waals surface area contributed by atoms with Crippen LogP contribution in [0, 0.1) is 11.6 Å². The number of nitrogens with one attached hydrogen (secondary N) is 1. The molecule has 5 aromatic rings. The zero-order chi connectivity index (χ0) is 43.1. The van der Waals surface area contributed by atoms with E-state index in [1.807, 2.05) is 60.7 Å². The Labute approximate surface area is 358 Å². The fourth-order valence-electron chi connectivity index (χ4n) is 10.2. The summed E-state index contributed by atoms with van der Waals surface area (Å²) >= 11 is 0. The summed E-state index contributed by atoms with van der Waals surface area (Å²) in [5.74, 6) is -1.46. The Balaban J connectivity index is 1.12. The molecular weight excluding hydrogens is 799 g/mol. The predicted molar refractivity (Wildman–Crippen MR) is 226 cm³/mol. The number of aliphatic hydroxyl groups is 3. The molecule has 5 heterocycles. The van der Waals surface area contributed by atoms with Crippen molar-refractivity contribution in [2.75, 3.05) is 18.0 Å². The summed E-state index contributed by atoms with van der Waals surface area (Å²) in [6, 6.07) is 26.6. The number of amides is 2. The van der Waals surface area contributed by atoms with Gasteiger partial charge in [-0.05, 0) is 98.0 Å². The molecular formula is C48H52F2N4O8. The van der Waals surface area contributed by atoms with E-state index in [0.717, 1.165) is 40.5 Å². The Hall–Kier alpha value is -5.54. The van der Waals surface area contributed by atoms with E-state index in [1.54, 1.807) is 33.8 Å². The van der Waals surface area contributed by atoms with E-state index in [2.05, 4.69) is 4.98 Å². The minimum absolute atomic E-state index is 0.112. The van der Waals surface area contributed by atoms with E-state index < -0.39 is 66.4 Å². The van der Waals surface area contributed by atoms with Gasteiger partial charge in [0.05, 0.1) is 12.1 Å². The van der Waals surface area contributed by atoms with Crippen LogP contribution in [0.15, 0.2) is 97.1 Å². The standard InChI is InChI=1S/C48H52F2N4O8/c1-28-43(55)44(56)45(57)46(62-28)54-40-23-32(50)17-19-36(40)38(25-34-15-9-21-53(34)48(59)61-27-30-12-6-3-7-13-30)42(54)41-37(35-18-16-31(49)22-39(35)51-41)24-33-14-8-20-52(33)47(58)60-26-29-10-4-2-5-11-29/h2-7,10-13,16-19,22-23,28,33-34,38,42-46,51,55-57H,8-9,14-15,20-21,24-27H2,1H3/t28-,33?,34-,38?,42?,43+,44+,45-,46-/m0/s1. The van der Waals surface area contributed by atoms with Crippen molar-refractivity contribution < 1.29 is 47.9 Å². The molecule has 14 heteroatoms. The van der Waals surface area contributed by atoms with Gasteiger partial charge in [-0.1, -0.05) is 66.7 Å². The van der Waals surface area contributed by atoms with Crippen LogP contribution in [0.1, 0.15) is 78.9 Å². The van der Waals surface area contributed by atoms with Gasteiger partial charge in [0.1, 0.15) is 43.2 Å². The molecule has 0 radical (unpaired) electrons. The highest BCUT2D eigenvalue weighted by Crippen LogP contribution is 2.55. The third kappa shape index (κ3) is 8.12. The van der Waals surface area contributed by atoms with Crippen molar-refractivity contribution >= 4 is 28.8 Å². The Kier molecular flexibility index (Phi) is 11.9. The number of anilines is 1. The maximum absolute atomic E-state index is 15.5. The highest BCUT2D eigenvalue weighted by atomic mass is 19.1. The summed E-state index contributed by atoms with van der Waals surface area (Å²) < 4.78 is 48.6. The fraction of sp³-hybridized carbons (Fsp3) is 0.417. The lowest BCUT2D eigenvalue weighted by Crippen LogP contribution is -2.62. The summed E-state index contributed by atoms with van der Waals surface area (Å²) in [7, 11) is 0. The van der Waals surface area contributed by atoms with Crippen molar-refractivity contribution in [3.8, 4) is 0 Å². The minimum Gasteiger partial charge on any atom is -0.445 e. The molecule has 4 aliphatic heterocycles. The number of carbonyl (C=O) groups is 2. The molecule has 4 aromatic carbocycles. The minimum atomic E-state index is -1.62. The van der Waals surface area contributed by atoms with Crippen molar-refractivity contribution in [1.82, 2.24) is 14.8 Å². The third-order valence-electron chi connectivity index (χ3n) is 13.2. The van der Waals surface area contributed by atoms with Gasteiger partial charge in [0.25, 0.3) is 0 Å². The molecule has 3 fully saturated rings. The second-order valence-corrected chi connectivity index (χ2v) is 17.1.